The van der Waals surface area contributed by atoms with E-state index in [4.69, 9.17) is 0 Å². The highest BCUT2D eigenvalue weighted by Gasteiger charge is 2.41. The first-order valence-electron chi connectivity index (χ1n) is 8.89. The van der Waals surface area contributed by atoms with Crippen molar-refractivity contribution < 1.29 is 17.6 Å². The van der Waals surface area contributed by atoms with Crippen molar-refractivity contribution in [2.24, 2.45) is 4.99 Å². The minimum Gasteiger partial charge on any atom is -0.357 e. The van der Waals surface area contributed by atoms with Crippen LogP contribution >= 0.6 is 0 Å². The molecule has 1 unspecified atom stereocenters. The van der Waals surface area contributed by atoms with Crippen LogP contribution in [0.2, 0.25) is 0 Å². The van der Waals surface area contributed by atoms with E-state index < -0.39 is 12.2 Å². The van der Waals surface area contributed by atoms with E-state index in [0.717, 1.165) is 5.56 Å². The number of rotatable bonds is 5. The van der Waals surface area contributed by atoms with Gasteiger partial charge in [0.15, 0.2) is 5.96 Å². The van der Waals surface area contributed by atoms with E-state index in [-0.39, 0.29) is 5.82 Å². The molecule has 8 heteroatoms. The van der Waals surface area contributed by atoms with Crippen LogP contribution in [0.5, 0.6) is 0 Å². The lowest BCUT2D eigenvalue weighted by atomic mass is 10.1. The summed E-state index contributed by atoms with van der Waals surface area (Å²) in [7, 11) is 0. The zero-order valence-corrected chi connectivity index (χ0v) is 15.2. The zero-order chi connectivity index (χ0) is 19.2. The summed E-state index contributed by atoms with van der Waals surface area (Å²) in [4.78, 5) is 8.02. The van der Waals surface area contributed by atoms with E-state index in [1.807, 2.05) is 11.8 Å². The second kappa shape index (κ2) is 9.21. The first-order chi connectivity index (χ1) is 12.3. The molecule has 1 N–H and O–H groups in total. The minimum atomic E-state index is -4.20. The van der Waals surface area contributed by atoms with Crippen LogP contribution in [0.1, 0.15) is 19.4 Å². The van der Waals surface area contributed by atoms with Gasteiger partial charge in [0.1, 0.15) is 11.9 Å². The summed E-state index contributed by atoms with van der Waals surface area (Å²) in [5.41, 5.74) is 0.995. The molecule has 26 heavy (non-hydrogen) atoms. The van der Waals surface area contributed by atoms with Crippen molar-refractivity contribution in [2.45, 2.75) is 32.5 Å². The van der Waals surface area contributed by atoms with Crippen molar-refractivity contribution in [1.29, 1.82) is 0 Å². The highest BCUT2D eigenvalue weighted by atomic mass is 19.4. The Labute approximate surface area is 151 Å². The quantitative estimate of drug-likeness (QED) is 0.489. The standard InChI is InChI=1S/C18H26F4N4/c1-3-23-17(24-9-8-15-4-6-16(19)7-5-15)26-12-10-25(11-13-26)14(2)18(20,21)22/h4-7,14H,3,8-13H2,1-2H3,(H,23,24). The number of aliphatic imine (C=N–C) groups is 1. The lowest BCUT2D eigenvalue weighted by Gasteiger charge is -2.39. The Kier molecular flexibility index (Phi) is 7.25. The van der Waals surface area contributed by atoms with Crippen molar-refractivity contribution in [1.82, 2.24) is 15.1 Å². The number of guanidine groups is 1. The summed E-state index contributed by atoms with van der Waals surface area (Å²) in [6.07, 6.45) is -3.52. The van der Waals surface area contributed by atoms with Crippen LogP contribution in [-0.4, -0.2) is 67.2 Å². The number of benzene rings is 1. The molecule has 2 rings (SSSR count). The molecule has 1 saturated heterocycles. The maximum Gasteiger partial charge on any atom is 0.403 e. The van der Waals surface area contributed by atoms with Gasteiger partial charge in [0.05, 0.1) is 0 Å². The van der Waals surface area contributed by atoms with Gasteiger partial charge in [0.25, 0.3) is 0 Å². The second-order valence-corrected chi connectivity index (χ2v) is 6.35. The molecule has 1 aliphatic rings. The Morgan fingerprint density at radius 1 is 1.15 bits per heavy atom. The van der Waals surface area contributed by atoms with Gasteiger partial charge in [-0.05, 0) is 38.0 Å². The van der Waals surface area contributed by atoms with Crippen molar-refractivity contribution in [3.63, 3.8) is 0 Å². The summed E-state index contributed by atoms with van der Waals surface area (Å²) in [5, 5.41) is 3.20. The van der Waals surface area contributed by atoms with Crippen LogP contribution in [0.4, 0.5) is 17.6 Å². The smallest absolute Gasteiger partial charge is 0.357 e. The van der Waals surface area contributed by atoms with Crippen LogP contribution in [0.3, 0.4) is 0 Å². The van der Waals surface area contributed by atoms with Crippen LogP contribution < -0.4 is 5.32 Å². The molecule has 0 spiro atoms. The number of alkyl halides is 3. The molecule has 1 aromatic carbocycles. The number of hydrogen-bond donors (Lipinski definition) is 1. The fraction of sp³-hybridized carbons (Fsp3) is 0.611. The van der Waals surface area contributed by atoms with Crippen molar-refractivity contribution in [3.05, 3.63) is 35.6 Å². The second-order valence-electron chi connectivity index (χ2n) is 6.35. The molecule has 0 bridgehead atoms. The van der Waals surface area contributed by atoms with Crippen molar-refractivity contribution in [2.75, 3.05) is 39.3 Å². The maximum atomic E-state index is 12.9. The number of halogens is 4. The van der Waals surface area contributed by atoms with E-state index in [2.05, 4.69) is 10.3 Å². The summed E-state index contributed by atoms with van der Waals surface area (Å²) >= 11 is 0. The fourth-order valence-corrected chi connectivity index (χ4v) is 2.90. The highest BCUT2D eigenvalue weighted by Crippen LogP contribution is 2.25. The molecule has 0 amide bonds. The normalized spacial score (nSPS) is 18.1. The molecule has 4 nitrogen and oxygen atoms in total. The van der Waals surface area contributed by atoms with E-state index in [9.17, 15) is 17.6 Å². The van der Waals surface area contributed by atoms with Gasteiger partial charge in [0.2, 0.25) is 0 Å². The molecule has 0 saturated carbocycles. The van der Waals surface area contributed by atoms with E-state index in [1.54, 1.807) is 12.1 Å². The number of piperazine rings is 1. The monoisotopic (exact) mass is 374 g/mol. The molecular formula is C18H26F4N4. The topological polar surface area (TPSA) is 30.9 Å². The fourth-order valence-electron chi connectivity index (χ4n) is 2.90. The van der Waals surface area contributed by atoms with Crippen LogP contribution in [0.25, 0.3) is 0 Å². The SMILES string of the molecule is CCNC(=NCCc1ccc(F)cc1)N1CCN(C(C)C(F)(F)F)CC1. The van der Waals surface area contributed by atoms with Gasteiger partial charge in [-0.25, -0.2) is 4.39 Å². The van der Waals surface area contributed by atoms with E-state index in [0.29, 0.717) is 51.6 Å². The van der Waals surface area contributed by atoms with Gasteiger partial charge in [-0.15, -0.1) is 0 Å². The highest BCUT2D eigenvalue weighted by molar-refractivity contribution is 5.80. The van der Waals surface area contributed by atoms with Gasteiger partial charge in [-0.2, -0.15) is 13.2 Å². The average molecular weight is 374 g/mol. The van der Waals surface area contributed by atoms with E-state index >= 15 is 0 Å². The van der Waals surface area contributed by atoms with E-state index in [1.165, 1.54) is 24.0 Å². The zero-order valence-electron chi connectivity index (χ0n) is 15.2. The molecule has 1 fully saturated rings. The third-order valence-electron chi connectivity index (χ3n) is 4.55. The van der Waals surface area contributed by atoms with Gasteiger partial charge in [0, 0.05) is 39.3 Å². The Balaban J connectivity index is 1.90. The molecule has 1 aliphatic heterocycles. The third-order valence-corrected chi connectivity index (χ3v) is 4.55. The predicted molar refractivity (Wildman–Crippen MR) is 94.7 cm³/mol. The van der Waals surface area contributed by atoms with Crippen LogP contribution in [-0.2, 0) is 6.42 Å². The Hall–Kier alpha value is -1.83. The van der Waals surface area contributed by atoms with Gasteiger partial charge >= 0.3 is 6.18 Å². The number of hydrogen-bond acceptors (Lipinski definition) is 2. The Bertz CT molecular complexity index is 578. The third kappa shape index (κ3) is 5.86. The molecular weight excluding hydrogens is 348 g/mol. The average Bonchev–Trinajstić information content (AvgIpc) is 2.61. The maximum absolute atomic E-state index is 12.9. The van der Waals surface area contributed by atoms with Crippen molar-refractivity contribution in [3.8, 4) is 0 Å². The van der Waals surface area contributed by atoms with Gasteiger partial charge in [-0.3, -0.25) is 9.89 Å². The first kappa shape index (κ1) is 20.5. The molecule has 1 atom stereocenters. The number of nitrogens with one attached hydrogen (secondary N) is 1. The van der Waals surface area contributed by atoms with Gasteiger partial charge in [-0.1, -0.05) is 12.1 Å². The molecule has 1 heterocycles. The first-order valence-corrected chi connectivity index (χ1v) is 8.89. The Morgan fingerprint density at radius 2 is 1.77 bits per heavy atom. The predicted octanol–water partition coefficient (Wildman–Crippen LogP) is 2.90. The lowest BCUT2D eigenvalue weighted by Crippen LogP contribution is -2.56. The largest absolute Gasteiger partial charge is 0.403 e. The molecule has 0 aliphatic carbocycles. The van der Waals surface area contributed by atoms with Crippen LogP contribution in [0, 0.1) is 5.82 Å². The minimum absolute atomic E-state index is 0.267. The molecule has 146 valence electrons. The van der Waals surface area contributed by atoms with Crippen LogP contribution in [0.15, 0.2) is 29.3 Å². The molecule has 0 aromatic heterocycles. The number of nitrogens with zero attached hydrogens (tertiary/aromatic N) is 3. The van der Waals surface area contributed by atoms with Gasteiger partial charge < -0.3 is 10.2 Å². The summed E-state index contributed by atoms with van der Waals surface area (Å²) < 4.78 is 51.5. The summed E-state index contributed by atoms with van der Waals surface area (Å²) in [5.74, 6) is 0.450. The molecule has 0 radical (unpaired) electrons. The lowest BCUT2D eigenvalue weighted by molar-refractivity contribution is -0.181. The summed E-state index contributed by atoms with van der Waals surface area (Å²) in [6, 6.07) is 4.88. The van der Waals surface area contributed by atoms with Crippen molar-refractivity contribution >= 4 is 5.96 Å². The summed E-state index contributed by atoms with van der Waals surface area (Å²) in [6.45, 7) is 6.09. The molecule has 1 aromatic rings. The Morgan fingerprint density at radius 3 is 2.31 bits per heavy atom.